The number of carbonyl (C=O) groups excluding carboxylic acids is 1. The van der Waals surface area contributed by atoms with Gasteiger partial charge in [0.05, 0.1) is 7.11 Å². The Hall–Kier alpha value is -0.610. The molecule has 0 amide bonds. The van der Waals surface area contributed by atoms with E-state index in [0.29, 0.717) is 12.1 Å². The summed E-state index contributed by atoms with van der Waals surface area (Å²) in [5.41, 5.74) is 0. The zero-order chi connectivity index (χ0) is 15.0. The van der Waals surface area contributed by atoms with Gasteiger partial charge in [0.15, 0.2) is 0 Å². The normalized spacial score (nSPS) is 18.5. The van der Waals surface area contributed by atoms with Gasteiger partial charge in [-0.2, -0.15) is 0 Å². The lowest BCUT2D eigenvalue weighted by Crippen LogP contribution is -2.45. The maximum Gasteiger partial charge on any atom is 0.322 e. The fraction of sp³-hybridized carbons (Fsp3) is 0.938. The van der Waals surface area contributed by atoms with Crippen LogP contribution in [-0.2, 0) is 9.53 Å². The van der Waals surface area contributed by atoms with E-state index in [0.717, 1.165) is 19.5 Å². The van der Waals surface area contributed by atoms with E-state index in [9.17, 15) is 4.79 Å². The first-order chi connectivity index (χ1) is 9.58. The van der Waals surface area contributed by atoms with Crippen LogP contribution in [0.1, 0.15) is 59.3 Å². The van der Waals surface area contributed by atoms with E-state index >= 15 is 0 Å². The first kappa shape index (κ1) is 17.4. The van der Waals surface area contributed by atoms with Gasteiger partial charge in [0.25, 0.3) is 0 Å². The van der Waals surface area contributed by atoms with Crippen LogP contribution in [-0.4, -0.2) is 49.2 Å². The van der Waals surface area contributed by atoms with Crippen LogP contribution in [0.15, 0.2) is 0 Å². The summed E-state index contributed by atoms with van der Waals surface area (Å²) in [5, 5.41) is 3.31. The lowest BCUT2D eigenvalue weighted by molar-refractivity contribution is -0.143. The van der Waals surface area contributed by atoms with Gasteiger partial charge in [-0.3, -0.25) is 4.79 Å². The monoisotopic (exact) mass is 284 g/mol. The molecule has 0 aliphatic heterocycles. The van der Waals surface area contributed by atoms with Crippen molar-refractivity contribution in [2.45, 2.75) is 77.4 Å². The lowest BCUT2D eigenvalue weighted by Gasteiger charge is -2.34. The van der Waals surface area contributed by atoms with Crippen molar-refractivity contribution < 1.29 is 9.53 Å². The first-order valence-corrected chi connectivity index (χ1v) is 8.16. The SMILES string of the molecule is CCN(CCC(NC(C)C)C(=O)OC)C1CCCCC1. The second-order valence-electron chi connectivity index (χ2n) is 6.11. The summed E-state index contributed by atoms with van der Waals surface area (Å²) in [6.45, 7) is 8.39. The van der Waals surface area contributed by atoms with Crippen molar-refractivity contribution in [1.29, 1.82) is 0 Å². The standard InChI is InChI=1S/C16H32N2O2/c1-5-18(14-9-7-6-8-10-14)12-11-15(16(19)20-4)17-13(2)3/h13-15,17H,5-12H2,1-4H3. The van der Waals surface area contributed by atoms with Gasteiger partial charge in [0.1, 0.15) is 6.04 Å². The summed E-state index contributed by atoms with van der Waals surface area (Å²) >= 11 is 0. The van der Waals surface area contributed by atoms with Crippen LogP contribution in [0.5, 0.6) is 0 Å². The molecule has 0 spiro atoms. The zero-order valence-corrected chi connectivity index (χ0v) is 13.7. The average molecular weight is 284 g/mol. The van der Waals surface area contributed by atoms with Gasteiger partial charge in [-0.15, -0.1) is 0 Å². The van der Waals surface area contributed by atoms with Gasteiger partial charge >= 0.3 is 5.97 Å². The highest BCUT2D eigenvalue weighted by Crippen LogP contribution is 2.22. The van der Waals surface area contributed by atoms with Crippen molar-refractivity contribution in [3.05, 3.63) is 0 Å². The molecule has 1 atom stereocenters. The van der Waals surface area contributed by atoms with Crippen LogP contribution in [0.4, 0.5) is 0 Å². The van der Waals surface area contributed by atoms with E-state index in [1.807, 2.05) is 0 Å². The Morgan fingerprint density at radius 2 is 1.95 bits per heavy atom. The molecule has 0 saturated heterocycles. The molecule has 0 heterocycles. The summed E-state index contributed by atoms with van der Waals surface area (Å²) in [6, 6.07) is 0.826. The number of ether oxygens (including phenoxy) is 1. The summed E-state index contributed by atoms with van der Waals surface area (Å²) in [5.74, 6) is -0.140. The third kappa shape index (κ3) is 5.80. The smallest absolute Gasteiger partial charge is 0.322 e. The molecule has 1 N–H and O–H groups in total. The van der Waals surface area contributed by atoms with E-state index in [1.165, 1.54) is 39.2 Å². The molecular weight excluding hydrogens is 252 g/mol. The van der Waals surface area contributed by atoms with E-state index in [4.69, 9.17) is 4.74 Å². The molecule has 0 aromatic rings. The number of esters is 1. The van der Waals surface area contributed by atoms with Gasteiger partial charge in [-0.1, -0.05) is 40.0 Å². The van der Waals surface area contributed by atoms with Crippen LogP contribution in [0, 0.1) is 0 Å². The third-order valence-electron chi connectivity index (χ3n) is 4.22. The van der Waals surface area contributed by atoms with Crippen molar-refractivity contribution >= 4 is 5.97 Å². The molecule has 4 nitrogen and oxygen atoms in total. The van der Waals surface area contributed by atoms with E-state index in [1.54, 1.807) is 0 Å². The topological polar surface area (TPSA) is 41.6 Å². The average Bonchev–Trinajstić information content (AvgIpc) is 2.46. The molecular formula is C16H32N2O2. The fourth-order valence-corrected chi connectivity index (χ4v) is 3.15. The number of carbonyl (C=O) groups is 1. The second-order valence-corrected chi connectivity index (χ2v) is 6.11. The molecule has 1 rings (SSSR count). The highest BCUT2D eigenvalue weighted by atomic mass is 16.5. The fourth-order valence-electron chi connectivity index (χ4n) is 3.15. The Morgan fingerprint density at radius 3 is 2.45 bits per heavy atom. The van der Waals surface area contributed by atoms with Gasteiger partial charge in [0.2, 0.25) is 0 Å². The van der Waals surface area contributed by atoms with Crippen molar-refractivity contribution in [1.82, 2.24) is 10.2 Å². The Labute approximate surface area is 124 Å². The maximum absolute atomic E-state index is 11.8. The third-order valence-corrected chi connectivity index (χ3v) is 4.22. The lowest BCUT2D eigenvalue weighted by atomic mass is 9.94. The van der Waals surface area contributed by atoms with E-state index < -0.39 is 0 Å². The van der Waals surface area contributed by atoms with Crippen LogP contribution in [0.2, 0.25) is 0 Å². The minimum atomic E-state index is -0.183. The van der Waals surface area contributed by atoms with Gasteiger partial charge < -0.3 is 15.0 Å². The number of rotatable bonds is 8. The molecule has 1 aliphatic rings. The van der Waals surface area contributed by atoms with Crippen molar-refractivity contribution in [3.8, 4) is 0 Å². The molecule has 1 saturated carbocycles. The highest BCUT2D eigenvalue weighted by molar-refractivity contribution is 5.75. The summed E-state index contributed by atoms with van der Waals surface area (Å²) in [6.07, 6.45) is 7.54. The largest absolute Gasteiger partial charge is 0.468 e. The molecule has 1 fully saturated rings. The summed E-state index contributed by atoms with van der Waals surface area (Å²) in [7, 11) is 1.47. The predicted molar refractivity (Wildman–Crippen MR) is 82.8 cm³/mol. The minimum absolute atomic E-state index is 0.140. The van der Waals surface area contributed by atoms with Crippen LogP contribution in [0.3, 0.4) is 0 Å². The zero-order valence-electron chi connectivity index (χ0n) is 13.7. The first-order valence-electron chi connectivity index (χ1n) is 8.16. The quantitative estimate of drug-likeness (QED) is 0.696. The van der Waals surface area contributed by atoms with E-state index in [2.05, 4.69) is 31.0 Å². The molecule has 118 valence electrons. The number of hydrogen-bond acceptors (Lipinski definition) is 4. The highest BCUT2D eigenvalue weighted by Gasteiger charge is 2.24. The Kier molecular flexibility index (Phi) is 8.15. The molecule has 1 aliphatic carbocycles. The number of nitrogens with one attached hydrogen (secondary N) is 1. The van der Waals surface area contributed by atoms with Gasteiger partial charge in [-0.25, -0.2) is 0 Å². The van der Waals surface area contributed by atoms with Gasteiger partial charge in [-0.05, 0) is 25.8 Å². The van der Waals surface area contributed by atoms with Crippen LogP contribution >= 0.6 is 0 Å². The van der Waals surface area contributed by atoms with E-state index in [-0.39, 0.29) is 12.0 Å². The summed E-state index contributed by atoms with van der Waals surface area (Å²) in [4.78, 5) is 14.4. The molecule has 4 heteroatoms. The Balaban J connectivity index is 2.47. The van der Waals surface area contributed by atoms with Crippen LogP contribution < -0.4 is 5.32 Å². The second kappa shape index (κ2) is 9.35. The number of nitrogens with zero attached hydrogens (tertiary/aromatic N) is 1. The van der Waals surface area contributed by atoms with Crippen molar-refractivity contribution in [2.24, 2.45) is 0 Å². The molecule has 20 heavy (non-hydrogen) atoms. The minimum Gasteiger partial charge on any atom is -0.468 e. The number of methoxy groups -OCH3 is 1. The number of hydrogen-bond donors (Lipinski definition) is 1. The van der Waals surface area contributed by atoms with Gasteiger partial charge in [0, 0.05) is 18.6 Å². The Bertz CT molecular complexity index is 276. The molecule has 0 radical (unpaired) electrons. The summed E-state index contributed by atoms with van der Waals surface area (Å²) < 4.78 is 4.90. The Morgan fingerprint density at radius 1 is 1.30 bits per heavy atom. The molecule has 0 aromatic carbocycles. The van der Waals surface area contributed by atoms with Crippen molar-refractivity contribution in [2.75, 3.05) is 20.2 Å². The molecule has 1 unspecified atom stereocenters. The predicted octanol–water partition coefficient (Wildman–Crippen LogP) is 2.57. The van der Waals surface area contributed by atoms with Crippen LogP contribution in [0.25, 0.3) is 0 Å². The molecule has 0 aromatic heterocycles. The maximum atomic E-state index is 11.8. The van der Waals surface area contributed by atoms with Crippen molar-refractivity contribution in [3.63, 3.8) is 0 Å². The molecule has 0 bridgehead atoms.